The van der Waals surface area contributed by atoms with Crippen LogP contribution in [0.15, 0.2) is 23.8 Å². The summed E-state index contributed by atoms with van der Waals surface area (Å²) in [6, 6.07) is 0. The Morgan fingerprint density at radius 3 is 2.10 bits per heavy atom. The molecular weight excluding hydrogens is 124 g/mol. The number of rotatable bonds is 2. The van der Waals surface area contributed by atoms with Crippen molar-refractivity contribution in [1.82, 2.24) is 0 Å². The Morgan fingerprint density at radius 1 is 1.30 bits per heavy atom. The third-order valence-electron chi connectivity index (χ3n) is 0.760. The number of carbonyl (C=O) groups is 1. The highest BCUT2D eigenvalue weighted by Gasteiger charge is 1.73. The van der Waals surface area contributed by atoms with Gasteiger partial charge in [-0.05, 0) is 25.5 Å². The summed E-state index contributed by atoms with van der Waals surface area (Å²) in [4.78, 5) is 9.78. The molecule has 0 aliphatic carbocycles. The van der Waals surface area contributed by atoms with Gasteiger partial charge in [-0.15, -0.1) is 0 Å². The van der Waals surface area contributed by atoms with Gasteiger partial charge in [0.25, 0.3) is 0 Å². The van der Waals surface area contributed by atoms with E-state index in [4.69, 9.17) is 0 Å². The van der Waals surface area contributed by atoms with Crippen molar-refractivity contribution in [3.8, 4) is 0 Å². The maximum Gasteiger partial charge on any atom is 0.143 e. The lowest BCUT2D eigenvalue weighted by atomic mass is 10.3. The van der Waals surface area contributed by atoms with Crippen molar-refractivity contribution in [3.63, 3.8) is 0 Å². The van der Waals surface area contributed by atoms with Crippen molar-refractivity contribution in [2.45, 2.75) is 27.7 Å². The van der Waals surface area contributed by atoms with E-state index < -0.39 is 0 Å². The van der Waals surface area contributed by atoms with Crippen LogP contribution in [0.1, 0.15) is 27.7 Å². The molecule has 0 fully saturated rings. The second-order valence-corrected chi connectivity index (χ2v) is 1.55. The van der Waals surface area contributed by atoms with E-state index in [1.54, 1.807) is 0 Å². The Hall–Kier alpha value is -0.850. The fourth-order valence-corrected chi connectivity index (χ4v) is 0.426. The molecule has 1 heteroatoms. The number of hydrogen-bond donors (Lipinski definition) is 0. The van der Waals surface area contributed by atoms with Gasteiger partial charge in [0.2, 0.25) is 0 Å². The van der Waals surface area contributed by atoms with E-state index in [9.17, 15) is 4.79 Å². The van der Waals surface area contributed by atoms with Crippen LogP contribution in [0.25, 0.3) is 0 Å². The Morgan fingerprint density at radius 2 is 1.80 bits per heavy atom. The highest BCUT2D eigenvalue weighted by molar-refractivity contribution is 5.66. The summed E-state index contributed by atoms with van der Waals surface area (Å²) in [5.41, 5.74) is 0.988. The van der Waals surface area contributed by atoms with Crippen LogP contribution in [0.4, 0.5) is 0 Å². The summed E-state index contributed by atoms with van der Waals surface area (Å²) in [6.45, 7) is 7.80. The molecule has 10 heavy (non-hydrogen) atoms. The van der Waals surface area contributed by atoms with Crippen LogP contribution in [-0.2, 0) is 4.79 Å². The lowest BCUT2D eigenvalue weighted by Gasteiger charge is -1.81. The average Bonchev–Trinajstić information content (AvgIpc) is 1.93. The van der Waals surface area contributed by atoms with E-state index in [1.807, 2.05) is 39.8 Å². The first-order valence-electron chi connectivity index (χ1n) is 3.56. The van der Waals surface area contributed by atoms with Gasteiger partial charge >= 0.3 is 0 Å². The molecule has 0 saturated heterocycles. The topological polar surface area (TPSA) is 17.1 Å². The lowest BCUT2D eigenvalue weighted by Crippen LogP contribution is -1.67. The molecule has 1 nitrogen and oxygen atoms in total. The molecule has 0 atom stereocenters. The molecule has 0 bridgehead atoms. The van der Waals surface area contributed by atoms with Crippen LogP contribution in [0.3, 0.4) is 0 Å². The van der Waals surface area contributed by atoms with E-state index in [2.05, 4.69) is 0 Å². The van der Waals surface area contributed by atoms with Gasteiger partial charge in [0.05, 0.1) is 0 Å². The van der Waals surface area contributed by atoms with E-state index in [0.717, 1.165) is 11.9 Å². The van der Waals surface area contributed by atoms with Crippen LogP contribution in [0.5, 0.6) is 0 Å². The maximum absolute atomic E-state index is 9.78. The zero-order valence-corrected chi connectivity index (χ0v) is 7.22. The van der Waals surface area contributed by atoms with E-state index in [1.165, 1.54) is 6.08 Å². The van der Waals surface area contributed by atoms with Crippen LogP contribution >= 0.6 is 0 Å². The van der Waals surface area contributed by atoms with Crippen molar-refractivity contribution in [1.29, 1.82) is 0 Å². The van der Waals surface area contributed by atoms with E-state index >= 15 is 0 Å². The second kappa shape index (κ2) is 11.0. The molecular formula is C9H16O. The zero-order chi connectivity index (χ0) is 8.41. The molecule has 0 saturated carbocycles. The van der Waals surface area contributed by atoms with Crippen molar-refractivity contribution in [2.75, 3.05) is 0 Å². The normalized spacial score (nSPS) is 10.6. The molecule has 0 rings (SSSR count). The zero-order valence-electron chi connectivity index (χ0n) is 7.22. The van der Waals surface area contributed by atoms with Gasteiger partial charge in [-0.3, -0.25) is 4.79 Å². The number of allylic oxidation sites excluding steroid dienone is 4. The number of aldehydes is 1. The molecule has 0 heterocycles. The minimum absolute atomic E-state index is 0.787. The largest absolute Gasteiger partial charge is 0.299 e. The minimum Gasteiger partial charge on any atom is -0.299 e. The van der Waals surface area contributed by atoms with Gasteiger partial charge in [0.1, 0.15) is 6.29 Å². The van der Waals surface area contributed by atoms with Crippen molar-refractivity contribution >= 4 is 6.29 Å². The Labute approximate surface area is 63.4 Å². The summed E-state index contributed by atoms with van der Waals surface area (Å²) in [7, 11) is 0. The Bertz CT molecular complexity index is 121. The summed E-state index contributed by atoms with van der Waals surface area (Å²) in [5, 5.41) is 0. The maximum atomic E-state index is 9.78. The summed E-state index contributed by atoms with van der Waals surface area (Å²) in [6.07, 6.45) is 6.10. The minimum atomic E-state index is 0.787. The van der Waals surface area contributed by atoms with Gasteiger partial charge in [0.15, 0.2) is 0 Å². The van der Waals surface area contributed by atoms with E-state index in [-0.39, 0.29) is 0 Å². The molecule has 0 radical (unpaired) electrons. The molecule has 0 amide bonds. The predicted molar refractivity (Wildman–Crippen MR) is 46.0 cm³/mol. The molecule has 0 N–H and O–H groups in total. The fourth-order valence-electron chi connectivity index (χ4n) is 0.426. The third kappa shape index (κ3) is 10.2. The number of hydrogen-bond acceptors (Lipinski definition) is 1. The highest BCUT2D eigenvalue weighted by atomic mass is 16.1. The summed E-state index contributed by atoms with van der Waals surface area (Å²) >= 11 is 0. The highest BCUT2D eigenvalue weighted by Crippen LogP contribution is 1.90. The smallest absolute Gasteiger partial charge is 0.143 e. The summed E-state index contributed by atoms with van der Waals surface area (Å²) in [5.74, 6) is 0. The third-order valence-corrected chi connectivity index (χ3v) is 0.760. The molecule has 0 spiro atoms. The quantitative estimate of drug-likeness (QED) is 0.327. The first-order chi connectivity index (χ1) is 4.81. The fraction of sp³-hybridized carbons (Fsp3) is 0.444. The van der Waals surface area contributed by atoms with Crippen LogP contribution in [0, 0.1) is 0 Å². The SMILES string of the molecule is C/C=C\C(C)=C/C=O.CC. The monoisotopic (exact) mass is 140 g/mol. The molecule has 0 aliphatic rings. The molecule has 0 aromatic carbocycles. The van der Waals surface area contributed by atoms with Crippen LogP contribution < -0.4 is 0 Å². The van der Waals surface area contributed by atoms with Crippen molar-refractivity contribution < 1.29 is 4.79 Å². The first-order valence-corrected chi connectivity index (χ1v) is 3.56. The second-order valence-electron chi connectivity index (χ2n) is 1.55. The molecule has 0 unspecified atom stereocenters. The van der Waals surface area contributed by atoms with Gasteiger partial charge in [-0.25, -0.2) is 0 Å². The van der Waals surface area contributed by atoms with Gasteiger partial charge in [-0.1, -0.05) is 26.0 Å². The standard InChI is InChI=1S/C7H10O.C2H6/c1-3-4-7(2)5-6-8;1-2/h3-6H,1-2H3;1-2H3/b4-3-,7-5-;. The molecule has 0 aromatic rings. The van der Waals surface area contributed by atoms with Crippen LogP contribution in [0.2, 0.25) is 0 Å². The molecule has 58 valence electrons. The van der Waals surface area contributed by atoms with Gasteiger partial charge in [0, 0.05) is 0 Å². The number of carbonyl (C=O) groups excluding carboxylic acids is 1. The van der Waals surface area contributed by atoms with Gasteiger partial charge in [-0.2, -0.15) is 0 Å². The van der Waals surface area contributed by atoms with Crippen molar-refractivity contribution in [2.24, 2.45) is 0 Å². The summed E-state index contributed by atoms with van der Waals surface area (Å²) < 4.78 is 0. The first kappa shape index (κ1) is 11.9. The Kier molecular flexibility index (Phi) is 13.1. The Balaban J connectivity index is 0. The molecule has 0 aromatic heterocycles. The van der Waals surface area contributed by atoms with Gasteiger partial charge < -0.3 is 0 Å². The van der Waals surface area contributed by atoms with Crippen LogP contribution in [-0.4, -0.2) is 6.29 Å². The van der Waals surface area contributed by atoms with Crippen molar-refractivity contribution in [3.05, 3.63) is 23.8 Å². The van der Waals surface area contributed by atoms with E-state index in [0.29, 0.717) is 0 Å². The lowest BCUT2D eigenvalue weighted by molar-refractivity contribution is -0.104. The predicted octanol–water partition coefficient (Wildman–Crippen LogP) is 2.73. The molecule has 0 aliphatic heterocycles. The average molecular weight is 140 g/mol.